The van der Waals surface area contributed by atoms with E-state index in [1.165, 1.54) is 111 Å². The van der Waals surface area contributed by atoms with E-state index in [9.17, 15) is 0 Å². The Kier molecular flexibility index (Phi) is 20.7. The fourth-order valence-electron chi connectivity index (χ4n) is 13.0. The van der Waals surface area contributed by atoms with E-state index in [0.717, 1.165) is 0 Å². The van der Waals surface area contributed by atoms with E-state index >= 15 is 0 Å². The monoisotopic (exact) mass is 1370 g/mol. The molecule has 0 spiro atoms. The summed E-state index contributed by atoms with van der Waals surface area (Å²) in [6.07, 6.45) is 0. The van der Waals surface area contributed by atoms with Gasteiger partial charge in [-0.25, -0.2) is 0 Å². The van der Waals surface area contributed by atoms with Crippen LogP contribution in [0.5, 0.6) is 0 Å². The van der Waals surface area contributed by atoms with Gasteiger partial charge in [0.05, 0.1) is 0 Å². The highest BCUT2D eigenvalue weighted by Gasteiger charge is 2.32. The molecule has 0 saturated heterocycles. The maximum atomic E-state index is 2.69. The Bertz CT molecular complexity index is 3920. The van der Waals surface area contributed by atoms with Gasteiger partial charge >= 0.3 is 0 Å². The molecule has 464 valence electrons. The first-order chi connectivity index (χ1) is 48.1. The third-order valence-electron chi connectivity index (χ3n) is 17.2. The van der Waals surface area contributed by atoms with E-state index in [-0.39, 0.29) is 0 Å². The van der Waals surface area contributed by atoms with Gasteiger partial charge in [0, 0.05) is 0 Å². The number of rotatable bonds is 21. The Hall–Kier alpha value is -8.69. The molecule has 0 saturated carbocycles. The van der Waals surface area contributed by atoms with E-state index in [2.05, 4.69) is 419 Å². The van der Waals surface area contributed by atoms with E-state index in [1.807, 2.05) is 0 Å². The molecule has 0 bridgehead atoms. The summed E-state index contributed by atoms with van der Waals surface area (Å²) in [6.45, 7) is 0. The quantitative estimate of drug-likeness (QED) is 0.0629. The summed E-state index contributed by atoms with van der Waals surface area (Å²) in [7, 11) is -7.93. The van der Waals surface area contributed by atoms with Crippen molar-refractivity contribution in [2.45, 2.75) is 0 Å². The molecule has 0 unspecified atom stereocenters. The lowest BCUT2D eigenvalue weighted by molar-refractivity contribution is 1.74. The molecule has 0 aliphatic rings. The normalized spacial score (nSPS) is 11.5. The standard InChI is InChI=1S/C90H69P7/c1-13-37-70(38-14-1)91(71-39-15-2-16-40-71)82-61-83(92(72-41-17-3-18-42-72)73-43-19-4-20-44-73)65-88(64-82)97(89-66-84(93(74-45-21-5-22-46-74)75-47-23-6-24-48-75)62-85(67-89)94(76-49-25-7-26-50-76)77-51-27-8-28-52-77)90-68-86(95(78-53-29-9-30-54-78)79-55-31-10-32-56-79)63-87(69-90)96(80-57-33-11-34-58-80)81-59-35-12-36-60-81/h1-69H. The largest absolute Gasteiger partial charge is 0.0622 e. The zero-order valence-electron chi connectivity index (χ0n) is 53.5. The Morgan fingerprint density at radius 3 is 0.237 bits per heavy atom. The highest BCUT2D eigenvalue weighted by atomic mass is 31.1. The second kappa shape index (κ2) is 31.2. The molecule has 7 heteroatoms. The predicted octanol–water partition coefficient (Wildman–Crippen LogP) is 14.0. The first-order valence-corrected chi connectivity index (χ1v) is 42.2. The van der Waals surface area contributed by atoms with Gasteiger partial charge in [-0.2, -0.15) is 0 Å². The van der Waals surface area contributed by atoms with Gasteiger partial charge < -0.3 is 0 Å². The molecule has 0 atom stereocenters. The molecule has 97 heavy (non-hydrogen) atoms. The summed E-state index contributed by atoms with van der Waals surface area (Å²) in [5.74, 6) is 0. The first-order valence-electron chi connectivity index (χ1n) is 32.8. The van der Waals surface area contributed by atoms with Crippen molar-refractivity contribution in [3.05, 3.63) is 419 Å². The van der Waals surface area contributed by atoms with Gasteiger partial charge in [0.15, 0.2) is 0 Å². The van der Waals surface area contributed by atoms with Crippen molar-refractivity contribution in [2.75, 3.05) is 0 Å². The van der Waals surface area contributed by atoms with E-state index < -0.39 is 55.5 Å². The van der Waals surface area contributed by atoms with Crippen molar-refractivity contribution >= 4 is 167 Å². The molecule has 0 heterocycles. The van der Waals surface area contributed by atoms with Crippen molar-refractivity contribution in [1.82, 2.24) is 0 Å². The SMILES string of the molecule is c1ccc(P(c2ccccc2)c2cc(P(c3ccccc3)c3ccccc3)cc(P(c3cc(P(c4ccccc4)c4ccccc4)cc(P(c4ccccc4)c4ccccc4)c3)c3cc(P(c4ccccc4)c4ccccc4)cc(P(c4ccccc4)c4ccccc4)c3)c2)cc1. The maximum absolute atomic E-state index is 2.69. The Labute approximate surface area is 581 Å². The first kappa shape index (κ1) is 64.3. The van der Waals surface area contributed by atoms with Crippen LogP contribution in [-0.2, 0) is 0 Å². The molecule has 0 fully saturated rings. The number of hydrogen-bond acceptors (Lipinski definition) is 0. The predicted molar refractivity (Wildman–Crippen MR) is 437 cm³/mol. The average Bonchev–Trinajstić information content (AvgIpc) is 0.758. The number of hydrogen-bond donors (Lipinski definition) is 0. The molecular weight excluding hydrogens is 1300 g/mol. The van der Waals surface area contributed by atoms with Crippen LogP contribution in [0.4, 0.5) is 0 Å². The molecular formula is C90H69P7. The van der Waals surface area contributed by atoms with Gasteiger partial charge in [0.2, 0.25) is 0 Å². The van der Waals surface area contributed by atoms with Crippen molar-refractivity contribution in [3.63, 3.8) is 0 Å². The molecule has 0 amide bonds. The highest BCUT2D eigenvalue weighted by Crippen LogP contribution is 2.45. The Balaban J connectivity index is 1.12. The molecule has 15 aromatic rings. The van der Waals surface area contributed by atoms with Crippen molar-refractivity contribution in [1.29, 1.82) is 0 Å². The van der Waals surface area contributed by atoms with Crippen LogP contribution in [0.1, 0.15) is 0 Å². The zero-order valence-corrected chi connectivity index (χ0v) is 59.7. The smallest absolute Gasteiger partial charge is 0.0133 e. The van der Waals surface area contributed by atoms with E-state index in [0.29, 0.717) is 0 Å². The highest BCUT2D eigenvalue weighted by molar-refractivity contribution is 7.85. The summed E-state index contributed by atoms with van der Waals surface area (Å²) >= 11 is 0. The van der Waals surface area contributed by atoms with Gasteiger partial charge in [-0.05, 0) is 221 Å². The van der Waals surface area contributed by atoms with Crippen LogP contribution < -0.4 is 111 Å². The fourth-order valence-corrected chi connectivity index (χ4v) is 30.6. The van der Waals surface area contributed by atoms with Crippen molar-refractivity contribution in [3.8, 4) is 0 Å². The summed E-state index contributed by atoms with van der Waals surface area (Å²) in [6, 6.07) is 160. The molecule has 0 aliphatic carbocycles. The summed E-state index contributed by atoms with van der Waals surface area (Å²) in [4.78, 5) is 0. The topological polar surface area (TPSA) is 0 Å². The van der Waals surface area contributed by atoms with E-state index in [1.54, 1.807) is 0 Å². The van der Waals surface area contributed by atoms with Crippen LogP contribution in [0.25, 0.3) is 0 Å². The molecule has 15 rings (SSSR count). The lowest BCUT2D eigenvalue weighted by atomic mass is 10.3. The second-order valence-corrected chi connectivity index (χ2v) is 39.0. The van der Waals surface area contributed by atoms with Crippen LogP contribution in [0, 0.1) is 0 Å². The third kappa shape index (κ3) is 14.8. The Morgan fingerprint density at radius 1 is 0.0825 bits per heavy atom. The van der Waals surface area contributed by atoms with Crippen LogP contribution in [-0.4, -0.2) is 0 Å². The molecule has 15 aromatic carbocycles. The van der Waals surface area contributed by atoms with E-state index in [4.69, 9.17) is 0 Å². The fraction of sp³-hybridized carbons (Fsp3) is 0. The minimum absolute atomic E-state index is 1.08. The minimum Gasteiger partial charge on any atom is -0.0622 e. The molecule has 0 aromatic heterocycles. The minimum atomic E-state index is -1.46. The van der Waals surface area contributed by atoms with Gasteiger partial charge in [-0.3, -0.25) is 0 Å². The summed E-state index contributed by atoms with van der Waals surface area (Å²) in [5, 5.41) is 28.0. The molecule has 0 nitrogen and oxygen atoms in total. The van der Waals surface area contributed by atoms with Gasteiger partial charge in [0.1, 0.15) is 0 Å². The maximum Gasteiger partial charge on any atom is -0.0133 e. The molecule has 0 aliphatic heterocycles. The Morgan fingerprint density at radius 2 is 0.155 bits per heavy atom. The lowest BCUT2D eigenvalue weighted by Crippen LogP contribution is -2.36. The number of benzene rings is 15. The van der Waals surface area contributed by atoms with Gasteiger partial charge in [0.25, 0.3) is 0 Å². The van der Waals surface area contributed by atoms with Crippen LogP contribution in [0.2, 0.25) is 0 Å². The molecule has 0 radical (unpaired) electrons. The second-order valence-electron chi connectivity index (χ2n) is 23.5. The van der Waals surface area contributed by atoms with Gasteiger partial charge in [-0.1, -0.05) is 364 Å². The van der Waals surface area contributed by atoms with Crippen LogP contribution in [0.3, 0.4) is 0 Å². The van der Waals surface area contributed by atoms with Crippen LogP contribution in [0.15, 0.2) is 419 Å². The van der Waals surface area contributed by atoms with Crippen LogP contribution >= 0.6 is 55.5 Å². The molecule has 0 N–H and O–H groups in total. The van der Waals surface area contributed by atoms with Crippen molar-refractivity contribution in [2.24, 2.45) is 0 Å². The van der Waals surface area contributed by atoms with Gasteiger partial charge in [-0.15, -0.1) is 0 Å². The van der Waals surface area contributed by atoms with Crippen molar-refractivity contribution < 1.29 is 0 Å². The average molecular weight is 1370 g/mol. The summed E-state index contributed by atoms with van der Waals surface area (Å²) < 4.78 is 0. The third-order valence-corrected chi connectivity index (χ3v) is 33.9. The lowest BCUT2D eigenvalue weighted by Gasteiger charge is -2.31. The zero-order chi connectivity index (χ0) is 65.0. The summed E-state index contributed by atoms with van der Waals surface area (Å²) in [5.41, 5.74) is 0.